The number of tetrazole rings is 1. The highest BCUT2D eigenvalue weighted by Crippen LogP contribution is 2.30. The number of aryl methyl sites for hydroxylation is 1. The fourth-order valence-corrected chi connectivity index (χ4v) is 4.83. The molecule has 39 heavy (non-hydrogen) atoms. The van der Waals surface area contributed by atoms with Crippen molar-refractivity contribution in [2.45, 2.75) is 39.0 Å². The van der Waals surface area contributed by atoms with Gasteiger partial charge < -0.3 is 4.74 Å². The van der Waals surface area contributed by atoms with E-state index in [2.05, 4.69) is 44.7 Å². The molecule has 0 fully saturated rings. The molecule has 0 spiro atoms. The second kappa shape index (κ2) is 11.0. The Hall–Kier alpha value is -4.70. The van der Waals surface area contributed by atoms with E-state index in [0.717, 1.165) is 52.9 Å². The minimum Gasteiger partial charge on any atom is -0.347 e. The highest BCUT2D eigenvalue weighted by atomic mass is 16.5. The summed E-state index contributed by atoms with van der Waals surface area (Å²) in [6, 6.07) is 23.8. The number of nitrogens with one attached hydrogen (secondary N) is 1. The number of aliphatic imine (C=N–C) groups is 1. The monoisotopic (exact) mass is 520 g/mol. The van der Waals surface area contributed by atoms with Crippen molar-refractivity contribution >= 4 is 6.21 Å². The number of aromatic amines is 1. The predicted octanol–water partition coefficient (Wildman–Crippen LogP) is 4.37. The number of para-hydroxylation sites is 1. The van der Waals surface area contributed by atoms with E-state index in [9.17, 15) is 4.79 Å². The average molecular weight is 521 g/mol. The van der Waals surface area contributed by atoms with Crippen LogP contribution in [-0.4, -0.2) is 47.8 Å². The van der Waals surface area contributed by atoms with Crippen LogP contribution in [0.5, 0.6) is 0 Å². The van der Waals surface area contributed by atoms with Gasteiger partial charge in [-0.05, 0) is 34.4 Å². The van der Waals surface area contributed by atoms with E-state index >= 15 is 0 Å². The molecule has 1 unspecified atom stereocenters. The zero-order valence-corrected chi connectivity index (χ0v) is 21.6. The van der Waals surface area contributed by atoms with Gasteiger partial charge in [-0.15, -0.1) is 15.3 Å². The third kappa shape index (κ3) is 4.94. The molecule has 0 saturated carbocycles. The summed E-state index contributed by atoms with van der Waals surface area (Å²) >= 11 is 0. The van der Waals surface area contributed by atoms with E-state index < -0.39 is 6.23 Å². The Morgan fingerprint density at radius 2 is 1.79 bits per heavy atom. The third-order valence-electron chi connectivity index (χ3n) is 6.81. The average Bonchev–Trinajstić information content (AvgIpc) is 3.76. The molecule has 1 aliphatic heterocycles. The summed E-state index contributed by atoms with van der Waals surface area (Å²) in [5.74, 6) is 1.31. The Kier molecular flexibility index (Phi) is 6.92. The smallest absolute Gasteiger partial charge is 0.347 e. The number of benzene rings is 3. The lowest BCUT2D eigenvalue weighted by Gasteiger charge is -2.12. The Bertz CT molecular complexity index is 1650. The second-order valence-electron chi connectivity index (χ2n) is 9.35. The fourth-order valence-electron chi connectivity index (χ4n) is 4.83. The maximum absolute atomic E-state index is 13.8. The standard InChI is InChI=1S/C29H28N8O2/c1-2-3-12-26-33-37(25-11-7-6-10-24(25)28-30-17-18-39-28)29(38)36(26)19-20-13-15-21(16-14-20)22-8-4-5-9-23(22)27-31-34-35-32-27/h4-11,13-17,28H,2-3,12,18-19H2,1H3,(H,31,32,34,35). The van der Waals surface area contributed by atoms with E-state index in [0.29, 0.717) is 24.7 Å². The summed E-state index contributed by atoms with van der Waals surface area (Å²) in [5, 5.41) is 19.3. The van der Waals surface area contributed by atoms with Gasteiger partial charge in [-0.3, -0.25) is 9.56 Å². The molecule has 5 aromatic rings. The summed E-state index contributed by atoms with van der Waals surface area (Å²) in [5.41, 5.74) is 5.27. The highest BCUT2D eigenvalue weighted by molar-refractivity contribution is 5.80. The number of hydrogen-bond acceptors (Lipinski definition) is 7. The van der Waals surface area contributed by atoms with Crippen LogP contribution in [-0.2, 0) is 17.7 Å². The lowest BCUT2D eigenvalue weighted by Crippen LogP contribution is -2.26. The van der Waals surface area contributed by atoms with Crippen LogP contribution in [0.3, 0.4) is 0 Å². The number of unbranched alkanes of at least 4 members (excludes halogenated alkanes) is 1. The first-order valence-corrected chi connectivity index (χ1v) is 13.1. The molecule has 3 aromatic carbocycles. The topological polar surface area (TPSA) is 116 Å². The van der Waals surface area contributed by atoms with Crippen LogP contribution in [0.4, 0.5) is 0 Å². The van der Waals surface area contributed by atoms with Gasteiger partial charge in [0.05, 0.1) is 18.8 Å². The maximum Gasteiger partial charge on any atom is 0.351 e. The summed E-state index contributed by atoms with van der Waals surface area (Å²) in [6.45, 7) is 3.01. The van der Waals surface area contributed by atoms with Crippen molar-refractivity contribution in [3.63, 3.8) is 0 Å². The maximum atomic E-state index is 13.8. The van der Waals surface area contributed by atoms with E-state index in [1.54, 1.807) is 10.8 Å². The van der Waals surface area contributed by atoms with Gasteiger partial charge in [0.1, 0.15) is 5.82 Å². The van der Waals surface area contributed by atoms with Crippen molar-refractivity contribution in [2.75, 3.05) is 6.61 Å². The molecule has 0 bridgehead atoms. The van der Waals surface area contributed by atoms with Crippen LogP contribution in [0.25, 0.3) is 28.2 Å². The second-order valence-corrected chi connectivity index (χ2v) is 9.35. The highest BCUT2D eigenvalue weighted by Gasteiger charge is 2.22. The van der Waals surface area contributed by atoms with Crippen LogP contribution in [0, 0.1) is 0 Å². The molecule has 2 aromatic heterocycles. The third-order valence-corrected chi connectivity index (χ3v) is 6.81. The summed E-state index contributed by atoms with van der Waals surface area (Å²) < 4.78 is 9.00. The first kappa shape index (κ1) is 24.6. The number of H-pyrrole nitrogens is 1. The van der Waals surface area contributed by atoms with Crippen LogP contribution in [0.15, 0.2) is 82.6 Å². The van der Waals surface area contributed by atoms with E-state index in [1.165, 1.54) is 4.68 Å². The molecule has 1 aliphatic rings. The lowest BCUT2D eigenvalue weighted by molar-refractivity contribution is 0.110. The van der Waals surface area contributed by atoms with E-state index in [1.807, 2.05) is 60.7 Å². The summed E-state index contributed by atoms with van der Waals surface area (Å²) in [4.78, 5) is 18.2. The first-order valence-electron chi connectivity index (χ1n) is 13.1. The molecule has 10 heteroatoms. The minimum absolute atomic E-state index is 0.179. The van der Waals surface area contributed by atoms with Gasteiger partial charge in [0.15, 0.2) is 6.23 Å². The van der Waals surface area contributed by atoms with Crippen molar-refractivity contribution < 1.29 is 4.74 Å². The van der Waals surface area contributed by atoms with Crippen molar-refractivity contribution in [2.24, 2.45) is 4.99 Å². The normalized spacial score (nSPS) is 14.7. The van der Waals surface area contributed by atoms with Gasteiger partial charge in [-0.1, -0.05) is 80.1 Å². The Morgan fingerprint density at radius 3 is 2.54 bits per heavy atom. The molecule has 0 saturated heterocycles. The Balaban J connectivity index is 1.33. The minimum atomic E-state index is -0.430. The van der Waals surface area contributed by atoms with Gasteiger partial charge in [0.25, 0.3) is 0 Å². The van der Waals surface area contributed by atoms with Gasteiger partial charge in [0, 0.05) is 23.8 Å². The number of nitrogens with zero attached hydrogens (tertiary/aromatic N) is 7. The summed E-state index contributed by atoms with van der Waals surface area (Å²) in [6.07, 6.45) is 3.99. The molecule has 6 rings (SSSR count). The van der Waals surface area contributed by atoms with Gasteiger partial charge in [-0.2, -0.15) is 9.90 Å². The van der Waals surface area contributed by atoms with E-state index in [4.69, 9.17) is 9.84 Å². The number of aromatic nitrogens is 7. The molecule has 1 atom stereocenters. The molecule has 10 nitrogen and oxygen atoms in total. The van der Waals surface area contributed by atoms with Gasteiger partial charge >= 0.3 is 5.69 Å². The Morgan fingerprint density at radius 1 is 1.00 bits per heavy atom. The fraction of sp³-hybridized carbons (Fsp3) is 0.241. The molecule has 0 radical (unpaired) electrons. The molecule has 3 heterocycles. The van der Waals surface area contributed by atoms with Crippen molar-refractivity contribution in [1.82, 2.24) is 35.0 Å². The van der Waals surface area contributed by atoms with Crippen molar-refractivity contribution in [1.29, 1.82) is 0 Å². The largest absolute Gasteiger partial charge is 0.351 e. The molecule has 0 aliphatic carbocycles. The first-order chi connectivity index (χ1) is 19.2. The number of hydrogen-bond donors (Lipinski definition) is 1. The van der Waals surface area contributed by atoms with Crippen LogP contribution in [0.1, 0.15) is 42.9 Å². The lowest BCUT2D eigenvalue weighted by atomic mass is 9.98. The van der Waals surface area contributed by atoms with E-state index in [-0.39, 0.29) is 5.69 Å². The SMILES string of the molecule is CCCCc1nn(-c2ccccc2C2N=CCO2)c(=O)n1Cc1ccc(-c2ccccc2-c2nn[nH]n2)cc1. The van der Waals surface area contributed by atoms with Crippen molar-refractivity contribution in [3.8, 4) is 28.2 Å². The molecule has 0 amide bonds. The van der Waals surface area contributed by atoms with Crippen molar-refractivity contribution in [3.05, 3.63) is 100 Å². The Labute approximate surface area is 225 Å². The van der Waals surface area contributed by atoms with Crippen LogP contribution in [0.2, 0.25) is 0 Å². The molecular weight excluding hydrogens is 492 g/mol. The van der Waals surface area contributed by atoms with Gasteiger partial charge in [0.2, 0.25) is 5.82 Å². The predicted molar refractivity (Wildman–Crippen MR) is 148 cm³/mol. The zero-order chi connectivity index (χ0) is 26.6. The van der Waals surface area contributed by atoms with Gasteiger partial charge in [-0.25, -0.2) is 4.79 Å². The quantitative estimate of drug-likeness (QED) is 0.309. The number of rotatable bonds is 9. The summed E-state index contributed by atoms with van der Waals surface area (Å²) in [7, 11) is 0. The number of ether oxygens (including phenoxy) is 1. The molecule has 1 N–H and O–H groups in total. The molecule has 196 valence electrons. The zero-order valence-electron chi connectivity index (χ0n) is 21.6. The van der Waals surface area contributed by atoms with Crippen LogP contribution < -0.4 is 5.69 Å². The van der Waals surface area contributed by atoms with Crippen LogP contribution >= 0.6 is 0 Å². The molecular formula is C29H28N8O2.